The van der Waals surface area contributed by atoms with E-state index in [9.17, 15) is 9.59 Å². The van der Waals surface area contributed by atoms with Crippen molar-refractivity contribution in [2.45, 2.75) is 18.9 Å². The van der Waals surface area contributed by atoms with E-state index >= 15 is 0 Å². The quantitative estimate of drug-likeness (QED) is 0.492. The van der Waals surface area contributed by atoms with Gasteiger partial charge in [-0.15, -0.1) is 0 Å². The van der Waals surface area contributed by atoms with Gasteiger partial charge in [-0.1, -0.05) is 0 Å². The van der Waals surface area contributed by atoms with Crippen LogP contribution in [0.25, 0.3) is 0 Å². The summed E-state index contributed by atoms with van der Waals surface area (Å²) in [5.41, 5.74) is 5.00. The third-order valence-corrected chi connectivity index (χ3v) is 0.986. The molecule has 8 heteroatoms. The van der Waals surface area contributed by atoms with Crippen molar-refractivity contribution in [3.05, 3.63) is 0 Å². The molecule has 0 saturated carbocycles. The van der Waals surface area contributed by atoms with Gasteiger partial charge in [-0.25, -0.2) is 0 Å². The van der Waals surface area contributed by atoms with Gasteiger partial charge in [-0.05, 0) is 6.42 Å². The molecule has 0 radical (unpaired) electrons. The summed E-state index contributed by atoms with van der Waals surface area (Å²) in [5.74, 6) is -2.20. The van der Waals surface area contributed by atoms with E-state index < -0.39 is 18.0 Å². The smallest absolute Gasteiger partial charge is 0.320 e. The summed E-state index contributed by atoms with van der Waals surface area (Å²) in [6.45, 7) is 0. The molecule has 76 valence electrons. The van der Waals surface area contributed by atoms with E-state index in [0.717, 1.165) is 0 Å². The summed E-state index contributed by atoms with van der Waals surface area (Å²) in [6, 6.07) is -1.06. The normalized spacial score (nSPS) is 9.62. The third-order valence-electron chi connectivity index (χ3n) is 0.986. The Bertz CT molecular complexity index is 152. The number of hydrogen-bond acceptors (Lipinski definition) is 3. The van der Waals surface area contributed by atoms with Crippen LogP contribution in [0.3, 0.4) is 0 Å². The van der Waals surface area contributed by atoms with E-state index in [-0.39, 0.29) is 51.1 Å². The van der Waals surface area contributed by atoms with Crippen LogP contribution in [0.4, 0.5) is 0 Å². The Kier molecular flexibility index (Phi) is 20.8. The SMILES string of the molecule is N[C@H](CCC(=O)O)C(=O)O.O.O.[Cd]. The van der Waals surface area contributed by atoms with Gasteiger partial charge in [0, 0.05) is 33.7 Å². The van der Waals surface area contributed by atoms with Gasteiger partial charge in [-0.2, -0.15) is 0 Å². The van der Waals surface area contributed by atoms with Gasteiger partial charge < -0.3 is 26.9 Å². The Morgan fingerprint density at radius 3 is 1.85 bits per heavy atom. The molecule has 0 unspecified atom stereocenters. The number of carboxylic acids is 2. The first-order valence-electron chi connectivity index (χ1n) is 2.74. The molecule has 0 saturated heterocycles. The van der Waals surface area contributed by atoms with Crippen LogP contribution in [0.1, 0.15) is 12.8 Å². The first kappa shape index (κ1) is 23.0. The fraction of sp³-hybridized carbons (Fsp3) is 0.600. The molecule has 0 aliphatic heterocycles. The summed E-state index contributed by atoms with van der Waals surface area (Å²) >= 11 is 0. The van der Waals surface area contributed by atoms with E-state index in [0.29, 0.717) is 0 Å². The number of carbonyl (C=O) groups is 2. The molecular weight excluding hydrogens is 282 g/mol. The van der Waals surface area contributed by atoms with Crippen LogP contribution < -0.4 is 5.73 Å². The van der Waals surface area contributed by atoms with E-state index in [1.165, 1.54) is 0 Å². The maximum atomic E-state index is 9.99. The number of hydrogen-bond donors (Lipinski definition) is 3. The number of nitrogens with two attached hydrogens (primary N) is 1. The molecule has 0 aromatic rings. The summed E-state index contributed by atoms with van der Waals surface area (Å²) in [5, 5.41) is 16.3. The van der Waals surface area contributed by atoms with E-state index in [2.05, 4.69) is 0 Å². The average Bonchev–Trinajstić information content (AvgIpc) is 1.82. The van der Waals surface area contributed by atoms with Gasteiger partial charge in [0.05, 0.1) is 0 Å². The van der Waals surface area contributed by atoms with Crippen LogP contribution in [-0.4, -0.2) is 39.1 Å². The third kappa shape index (κ3) is 14.6. The minimum atomic E-state index is -1.17. The fourth-order valence-electron chi connectivity index (χ4n) is 0.402. The Labute approximate surface area is 94.7 Å². The van der Waals surface area contributed by atoms with Crippen molar-refractivity contribution in [1.82, 2.24) is 0 Å². The summed E-state index contributed by atoms with van der Waals surface area (Å²) in [4.78, 5) is 19.9. The zero-order chi connectivity index (χ0) is 8.15. The Morgan fingerprint density at radius 1 is 1.23 bits per heavy atom. The van der Waals surface area contributed by atoms with Crippen molar-refractivity contribution in [2.75, 3.05) is 0 Å². The molecule has 0 fully saturated rings. The second kappa shape index (κ2) is 11.7. The van der Waals surface area contributed by atoms with Crippen molar-refractivity contribution in [3.63, 3.8) is 0 Å². The van der Waals surface area contributed by atoms with Crippen LogP contribution in [0.5, 0.6) is 0 Å². The van der Waals surface area contributed by atoms with Crippen molar-refractivity contribution in [2.24, 2.45) is 5.73 Å². The minimum Gasteiger partial charge on any atom is -0.481 e. The molecule has 8 N–H and O–H groups in total. The predicted octanol–water partition coefficient (Wildman–Crippen LogP) is -2.39. The Hall–Kier alpha value is -0.258. The molecule has 0 spiro atoms. The molecular formula is C5H13CdNO6. The van der Waals surface area contributed by atoms with Crippen LogP contribution in [-0.2, 0) is 36.9 Å². The maximum Gasteiger partial charge on any atom is 0.320 e. The van der Waals surface area contributed by atoms with Crippen LogP contribution in [0, 0.1) is 0 Å². The number of carboxylic acid groups (broad SMARTS) is 2. The molecule has 0 amide bonds. The zero-order valence-electron chi connectivity index (χ0n) is 6.99. The largest absolute Gasteiger partial charge is 0.481 e. The summed E-state index contributed by atoms with van der Waals surface area (Å²) < 4.78 is 0. The molecule has 0 aromatic heterocycles. The van der Waals surface area contributed by atoms with Gasteiger partial charge in [0.25, 0.3) is 0 Å². The fourth-order valence-corrected chi connectivity index (χ4v) is 0.402. The van der Waals surface area contributed by atoms with Crippen LogP contribution >= 0.6 is 0 Å². The minimum absolute atomic E-state index is 0. The second-order valence-electron chi connectivity index (χ2n) is 1.88. The molecule has 13 heavy (non-hydrogen) atoms. The second-order valence-corrected chi connectivity index (χ2v) is 1.88. The number of rotatable bonds is 4. The van der Waals surface area contributed by atoms with E-state index in [1.54, 1.807) is 0 Å². The van der Waals surface area contributed by atoms with Crippen molar-refractivity contribution >= 4 is 11.9 Å². The van der Waals surface area contributed by atoms with E-state index in [1.807, 2.05) is 0 Å². The van der Waals surface area contributed by atoms with Gasteiger partial charge >= 0.3 is 11.9 Å². The Balaban J connectivity index is -0.000000135. The van der Waals surface area contributed by atoms with Crippen molar-refractivity contribution in [3.8, 4) is 0 Å². The van der Waals surface area contributed by atoms with Gasteiger partial charge in [0.1, 0.15) is 6.04 Å². The summed E-state index contributed by atoms with van der Waals surface area (Å²) in [6.07, 6.45) is -0.224. The zero-order valence-corrected chi connectivity index (χ0v) is 11.0. The maximum absolute atomic E-state index is 9.99. The van der Waals surface area contributed by atoms with Gasteiger partial charge in [0.15, 0.2) is 0 Å². The van der Waals surface area contributed by atoms with Gasteiger partial charge in [0.2, 0.25) is 0 Å². The molecule has 7 nitrogen and oxygen atoms in total. The van der Waals surface area contributed by atoms with Crippen molar-refractivity contribution < 1.29 is 58.1 Å². The topological polar surface area (TPSA) is 164 Å². The molecule has 0 aliphatic carbocycles. The first-order valence-corrected chi connectivity index (χ1v) is 2.74. The molecule has 0 aliphatic rings. The van der Waals surface area contributed by atoms with E-state index in [4.69, 9.17) is 15.9 Å². The predicted molar refractivity (Wildman–Crippen MR) is 39.7 cm³/mol. The molecule has 0 rings (SSSR count). The average molecular weight is 296 g/mol. The van der Waals surface area contributed by atoms with Crippen molar-refractivity contribution in [1.29, 1.82) is 0 Å². The molecule has 0 heterocycles. The van der Waals surface area contributed by atoms with Crippen LogP contribution in [0.2, 0.25) is 0 Å². The Morgan fingerprint density at radius 2 is 1.62 bits per heavy atom. The van der Waals surface area contributed by atoms with Gasteiger partial charge in [-0.3, -0.25) is 9.59 Å². The molecule has 1 atom stereocenters. The number of aliphatic carboxylic acids is 2. The monoisotopic (exact) mass is 297 g/mol. The molecule has 0 bridgehead atoms. The molecule has 0 aromatic carbocycles. The first-order chi connectivity index (χ1) is 4.54. The summed E-state index contributed by atoms with van der Waals surface area (Å²) in [7, 11) is 0. The van der Waals surface area contributed by atoms with Crippen LogP contribution in [0.15, 0.2) is 0 Å². The standard InChI is InChI=1S/C5H9NO4.Cd.2H2O/c6-3(5(9)10)1-2-4(7)8;;;/h3H,1-2,6H2,(H,7,8)(H,9,10);;2*1H2/t3-;;;/m1.../s1.